The van der Waals surface area contributed by atoms with E-state index in [0.29, 0.717) is 18.1 Å². The van der Waals surface area contributed by atoms with Crippen LogP contribution in [0.15, 0.2) is 30.3 Å². The Balaban J connectivity index is 1.90. The van der Waals surface area contributed by atoms with E-state index < -0.39 is 6.04 Å². The van der Waals surface area contributed by atoms with Crippen LogP contribution in [0.4, 0.5) is 9.93 Å². The minimum Gasteiger partial charge on any atom is -0.312 e. The molecule has 0 bridgehead atoms. The van der Waals surface area contributed by atoms with Gasteiger partial charge in [0.1, 0.15) is 11.0 Å². The zero-order chi connectivity index (χ0) is 15.7. The molecule has 3 amide bonds. The third-order valence-electron chi connectivity index (χ3n) is 3.64. The molecule has 22 heavy (non-hydrogen) atoms. The fourth-order valence-corrected chi connectivity index (χ4v) is 3.27. The van der Waals surface area contributed by atoms with Crippen molar-refractivity contribution in [1.29, 1.82) is 0 Å². The summed E-state index contributed by atoms with van der Waals surface area (Å²) in [4.78, 5) is 28.0. The number of hydrogen-bond acceptors (Lipinski definition) is 5. The molecule has 0 N–H and O–H groups in total. The van der Waals surface area contributed by atoms with Crippen molar-refractivity contribution in [2.24, 2.45) is 0 Å². The van der Waals surface area contributed by atoms with E-state index in [1.807, 2.05) is 37.3 Å². The normalized spacial score (nSPS) is 18.4. The maximum absolute atomic E-state index is 12.7. The lowest BCUT2D eigenvalue weighted by Crippen LogP contribution is -2.36. The Morgan fingerprint density at radius 1 is 1.18 bits per heavy atom. The number of urea groups is 1. The second-order valence-corrected chi connectivity index (χ2v) is 6.21. The summed E-state index contributed by atoms with van der Waals surface area (Å²) in [6, 6.07) is 8.91. The van der Waals surface area contributed by atoms with Crippen LogP contribution in [0.5, 0.6) is 0 Å². The lowest BCUT2D eigenvalue weighted by atomic mass is 10.1. The van der Waals surface area contributed by atoms with Crippen LogP contribution in [0.1, 0.15) is 17.5 Å². The molecule has 0 aliphatic carbocycles. The summed E-state index contributed by atoms with van der Waals surface area (Å²) in [5.74, 6) is -0.230. The van der Waals surface area contributed by atoms with Gasteiger partial charge in [0, 0.05) is 13.0 Å². The summed E-state index contributed by atoms with van der Waals surface area (Å²) in [6.45, 7) is 4.15. The van der Waals surface area contributed by atoms with Crippen LogP contribution in [-0.2, 0) is 11.2 Å². The molecular formula is C15H16N4O2S. The van der Waals surface area contributed by atoms with Gasteiger partial charge in [-0.25, -0.2) is 9.69 Å². The van der Waals surface area contributed by atoms with Crippen LogP contribution >= 0.6 is 11.3 Å². The quantitative estimate of drug-likeness (QED) is 0.811. The van der Waals surface area contributed by atoms with Gasteiger partial charge in [0.25, 0.3) is 5.91 Å². The van der Waals surface area contributed by atoms with Crippen molar-refractivity contribution in [1.82, 2.24) is 15.1 Å². The van der Waals surface area contributed by atoms with E-state index in [-0.39, 0.29) is 11.9 Å². The van der Waals surface area contributed by atoms with Gasteiger partial charge in [0.2, 0.25) is 5.13 Å². The fourth-order valence-electron chi connectivity index (χ4n) is 2.58. The highest BCUT2D eigenvalue weighted by molar-refractivity contribution is 7.15. The number of likely N-dealkylation sites (N-methyl/N-ethyl adjacent to an activating group) is 1. The highest BCUT2D eigenvalue weighted by Gasteiger charge is 2.46. The molecule has 1 aromatic carbocycles. The first-order chi connectivity index (χ1) is 10.6. The number of benzene rings is 1. The Morgan fingerprint density at radius 3 is 2.50 bits per heavy atom. The van der Waals surface area contributed by atoms with E-state index >= 15 is 0 Å². The van der Waals surface area contributed by atoms with Crippen molar-refractivity contribution in [3.05, 3.63) is 40.9 Å². The molecule has 0 spiro atoms. The molecule has 1 aliphatic rings. The van der Waals surface area contributed by atoms with Crippen molar-refractivity contribution in [3.63, 3.8) is 0 Å². The average Bonchev–Trinajstić information content (AvgIpc) is 3.03. The first-order valence-corrected chi connectivity index (χ1v) is 7.92. The van der Waals surface area contributed by atoms with Crippen molar-refractivity contribution in [2.45, 2.75) is 26.3 Å². The largest absolute Gasteiger partial charge is 0.334 e. The summed E-state index contributed by atoms with van der Waals surface area (Å²) in [5.41, 5.74) is 1.03. The molecule has 6 nitrogen and oxygen atoms in total. The molecule has 1 aromatic heterocycles. The van der Waals surface area contributed by atoms with Crippen LogP contribution in [0, 0.1) is 6.92 Å². The molecule has 3 rings (SSSR count). The van der Waals surface area contributed by atoms with Crippen LogP contribution in [-0.4, -0.2) is 39.6 Å². The minimum atomic E-state index is -0.482. The second-order valence-electron chi connectivity index (χ2n) is 5.05. The van der Waals surface area contributed by atoms with E-state index in [9.17, 15) is 9.59 Å². The third-order valence-corrected chi connectivity index (χ3v) is 4.46. The zero-order valence-electron chi connectivity index (χ0n) is 12.4. The van der Waals surface area contributed by atoms with Gasteiger partial charge < -0.3 is 4.90 Å². The summed E-state index contributed by atoms with van der Waals surface area (Å²) in [5, 5.41) is 8.90. The molecule has 1 fully saturated rings. The van der Waals surface area contributed by atoms with Crippen molar-refractivity contribution in [2.75, 3.05) is 11.4 Å². The molecule has 1 aliphatic heterocycles. The average molecular weight is 316 g/mol. The van der Waals surface area contributed by atoms with Gasteiger partial charge in [-0.05, 0) is 19.4 Å². The van der Waals surface area contributed by atoms with Crippen LogP contribution in [0.2, 0.25) is 0 Å². The van der Waals surface area contributed by atoms with Crippen molar-refractivity contribution in [3.8, 4) is 0 Å². The van der Waals surface area contributed by atoms with Gasteiger partial charge in [-0.1, -0.05) is 41.7 Å². The third kappa shape index (κ3) is 2.48. The Bertz CT molecular complexity index is 701. The van der Waals surface area contributed by atoms with Crippen molar-refractivity contribution < 1.29 is 9.59 Å². The minimum absolute atomic E-state index is 0.230. The monoisotopic (exact) mass is 316 g/mol. The fraction of sp³-hybridized carbons (Fsp3) is 0.333. The van der Waals surface area contributed by atoms with E-state index in [2.05, 4.69) is 10.2 Å². The standard InChI is InChI=1S/C15H16N4O2S/c1-3-18-12(9-11-7-5-4-6-8-11)13(20)19(15(18)21)14-17-16-10(2)22-14/h4-8,12H,3,9H2,1-2H3/t12-/m1/s1. The van der Waals surface area contributed by atoms with Gasteiger partial charge in [0.05, 0.1) is 0 Å². The van der Waals surface area contributed by atoms with Gasteiger partial charge in [0.15, 0.2) is 0 Å². The lowest BCUT2D eigenvalue weighted by molar-refractivity contribution is -0.119. The summed E-state index contributed by atoms with van der Waals surface area (Å²) >= 11 is 1.25. The van der Waals surface area contributed by atoms with Gasteiger partial charge >= 0.3 is 6.03 Å². The lowest BCUT2D eigenvalue weighted by Gasteiger charge is -2.19. The number of anilines is 1. The summed E-state index contributed by atoms with van der Waals surface area (Å²) in [6.07, 6.45) is 0.507. The van der Waals surface area contributed by atoms with E-state index in [0.717, 1.165) is 15.5 Å². The highest BCUT2D eigenvalue weighted by Crippen LogP contribution is 2.28. The van der Waals surface area contributed by atoms with E-state index in [4.69, 9.17) is 0 Å². The number of aryl methyl sites for hydroxylation is 1. The molecule has 2 aromatic rings. The summed E-state index contributed by atoms with van der Waals surface area (Å²) < 4.78 is 0. The van der Waals surface area contributed by atoms with E-state index in [1.54, 1.807) is 11.8 Å². The summed E-state index contributed by atoms with van der Waals surface area (Å²) in [7, 11) is 0. The Labute approximate surface area is 132 Å². The molecule has 2 heterocycles. The first kappa shape index (κ1) is 14.6. The number of nitrogens with zero attached hydrogens (tertiary/aromatic N) is 4. The van der Waals surface area contributed by atoms with Crippen molar-refractivity contribution >= 4 is 28.4 Å². The molecule has 7 heteroatoms. The molecule has 0 radical (unpaired) electrons. The zero-order valence-corrected chi connectivity index (χ0v) is 13.2. The number of rotatable bonds is 4. The molecular weight excluding hydrogens is 300 g/mol. The van der Waals surface area contributed by atoms with E-state index in [1.165, 1.54) is 11.3 Å². The molecule has 1 saturated heterocycles. The first-order valence-electron chi connectivity index (χ1n) is 7.10. The molecule has 1 atom stereocenters. The topological polar surface area (TPSA) is 66.4 Å². The maximum Gasteiger partial charge on any atom is 0.334 e. The van der Waals surface area contributed by atoms with Gasteiger partial charge in [-0.2, -0.15) is 0 Å². The Kier molecular flexibility index (Phi) is 3.89. The highest BCUT2D eigenvalue weighted by atomic mass is 32.1. The van der Waals surface area contributed by atoms with Crippen LogP contribution < -0.4 is 4.90 Å². The number of carbonyl (C=O) groups is 2. The number of amides is 3. The smallest absolute Gasteiger partial charge is 0.312 e. The molecule has 0 saturated carbocycles. The van der Waals surface area contributed by atoms with Gasteiger partial charge in [-0.15, -0.1) is 10.2 Å². The molecule has 114 valence electrons. The van der Waals surface area contributed by atoms with Gasteiger partial charge in [-0.3, -0.25) is 4.79 Å². The Morgan fingerprint density at radius 2 is 1.91 bits per heavy atom. The SMILES string of the molecule is CCN1C(=O)N(c2nnc(C)s2)C(=O)[C@H]1Cc1ccccc1. The number of hydrogen-bond donors (Lipinski definition) is 0. The molecule has 0 unspecified atom stereocenters. The van der Waals surface area contributed by atoms with Crippen LogP contribution in [0.3, 0.4) is 0 Å². The number of aromatic nitrogens is 2. The second kappa shape index (κ2) is 5.84. The van der Waals surface area contributed by atoms with Crippen LogP contribution in [0.25, 0.3) is 0 Å². The number of imide groups is 1. The Hall–Kier alpha value is -2.28. The predicted molar refractivity (Wildman–Crippen MR) is 83.8 cm³/mol. The maximum atomic E-state index is 12.7. The predicted octanol–water partition coefficient (Wildman–Crippen LogP) is 2.25. The number of carbonyl (C=O) groups excluding carboxylic acids is 2.